The Bertz CT molecular complexity index is 1770. The highest BCUT2D eigenvalue weighted by atomic mass is 35.5. The van der Waals surface area contributed by atoms with Crippen molar-refractivity contribution in [1.29, 1.82) is 0 Å². The van der Waals surface area contributed by atoms with Gasteiger partial charge in [0.05, 0.1) is 44.4 Å². The fraction of sp³-hybridized carbons (Fsp3) is 0.429. The van der Waals surface area contributed by atoms with Gasteiger partial charge in [-0.1, -0.05) is 51.9 Å². The molecule has 16 heteroatoms. The number of hydrogen-bond donors (Lipinski definition) is 2. The van der Waals surface area contributed by atoms with Gasteiger partial charge in [-0.2, -0.15) is 0 Å². The van der Waals surface area contributed by atoms with E-state index < -0.39 is 27.8 Å². The molecule has 2 heterocycles. The third kappa shape index (κ3) is 8.04. The number of likely N-dealkylation sites (N-methyl/N-ethyl adjacent to an activating group) is 1. The first-order valence-electron chi connectivity index (χ1n) is 16.4. The molecular formula is C35H44Cl2N6O7S. The highest BCUT2D eigenvalue weighted by Gasteiger charge is 2.55. The molecule has 3 atom stereocenters. The van der Waals surface area contributed by atoms with Crippen molar-refractivity contribution < 1.29 is 32.4 Å². The number of hydroxylamine groups is 3. The fourth-order valence-corrected chi connectivity index (χ4v) is 7.90. The molecule has 276 valence electrons. The minimum Gasteiger partial charge on any atom is -0.493 e. The highest BCUT2D eigenvalue weighted by molar-refractivity contribution is 7.89. The van der Waals surface area contributed by atoms with Gasteiger partial charge in [0.25, 0.3) is 21.8 Å². The summed E-state index contributed by atoms with van der Waals surface area (Å²) in [5.74, 6) is -0.216. The number of piperazine rings is 1. The van der Waals surface area contributed by atoms with Gasteiger partial charge < -0.3 is 9.64 Å². The van der Waals surface area contributed by atoms with E-state index in [0.29, 0.717) is 47.5 Å². The summed E-state index contributed by atoms with van der Waals surface area (Å²) in [4.78, 5) is 41.6. The average Bonchev–Trinajstić information content (AvgIpc) is 3.53. The zero-order valence-corrected chi connectivity index (χ0v) is 31.8. The number of carbonyl (C=O) groups excluding carboxylic acids is 2. The third-order valence-corrected chi connectivity index (χ3v) is 11.7. The van der Waals surface area contributed by atoms with Crippen LogP contribution in [-0.4, -0.2) is 107 Å². The van der Waals surface area contributed by atoms with Gasteiger partial charge in [-0.25, -0.2) is 13.5 Å². The predicted molar refractivity (Wildman–Crippen MR) is 193 cm³/mol. The van der Waals surface area contributed by atoms with Crippen LogP contribution in [-0.2, 0) is 35.0 Å². The summed E-state index contributed by atoms with van der Waals surface area (Å²) in [5.41, 5.74) is 0.678. The second kappa shape index (κ2) is 16.1. The summed E-state index contributed by atoms with van der Waals surface area (Å²) in [6, 6.07) is 16.8. The van der Waals surface area contributed by atoms with E-state index >= 15 is 4.79 Å². The molecule has 2 amide bonds. The maximum atomic E-state index is 15.3. The van der Waals surface area contributed by atoms with Crippen LogP contribution in [0.1, 0.15) is 41.3 Å². The first-order valence-corrected chi connectivity index (χ1v) is 18.6. The smallest absolute Gasteiger partial charge is 0.265 e. The Labute approximate surface area is 309 Å². The molecule has 2 aliphatic heterocycles. The first-order chi connectivity index (χ1) is 24.2. The van der Waals surface area contributed by atoms with E-state index in [0.717, 1.165) is 15.6 Å². The minimum atomic E-state index is -4.16. The van der Waals surface area contributed by atoms with Crippen LogP contribution < -0.4 is 15.4 Å². The summed E-state index contributed by atoms with van der Waals surface area (Å²) in [6.07, 6.45) is 0. The van der Waals surface area contributed by atoms with E-state index in [4.69, 9.17) is 37.6 Å². The molecule has 0 saturated carbocycles. The lowest BCUT2D eigenvalue weighted by Crippen LogP contribution is -2.62. The molecule has 2 aliphatic rings. The monoisotopic (exact) mass is 762 g/mol. The highest BCUT2D eigenvalue weighted by Crippen LogP contribution is 2.46. The topological polar surface area (TPSA) is 133 Å². The fourth-order valence-electron chi connectivity index (χ4n) is 6.44. The zero-order valence-electron chi connectivity index (χ0n) is 29.5. The van der Waals surface area contributed by atoms with Gasteiger partial charge >= 0.3 is 0 Å². The third-order valence-electron chi connectivity index (χ3n) is 9.35. The molecule has 1 unspecified atom stereocenters. The molecule has 0 aromatic heterocycles. The number of benzene rings is 3. The molecule has 5 rings (SSSR count). The Balaban J connectivity index is 1.67. The van der Waals surface area contributed by atoms with E-state index in [1.807, 2.05) is 36.1 Å². The van der Waals surface area contributed by atoms with Crippen LogP contribution in [0.4, 0.5) is 0 Å². The number of nitrogens with one attached hydrogen (secondary N) is 2. The van der Waals surface area contributed by atoms with Crippen molar-refractivity contribution in [2.75, 3.05) is 67.6 Å². The number of amides is 2. The van der Waals surface area contributed by atoms with Crippen molar-refractivity contribution in [3.63, 3.8) is 0 Å². The number of hydrogen-bond acceptors (Lipinski definition) is 10. The number of rotatable bonds is 12. The van der Waals surface area contributed by atoms with Gasteiger partial charge in [-0.3, -0.25) is 34.8 Å². The lowest BCUT2D eigenvalue weighted by Gasteiger charge is -2.41. The van der Waals surface area contributed by atoms with Crippen LogP contribution in [0.15, 0.2) is 65.6 Å². The quantitative estimate of drug-likeness (QED) is 0.262. The zero-order chi connectivity index (χ0) is 37.1. The Hall–Kier alpha value is -3.31. The van der Waals surface area contributed by atoms with Crippen molar-refractivity contribution in [3.05, 3.63) is 93.0 Å². The molecule has 2 N–H and O–H groups in total. The Morgan fingerprint density at radius 2 is 1.41 bits per heavy atom. The molecule has 0 bridgehead atoms. The molecule has 0 radical (unpaired) electrons. The van der Waals surface area contributed by atoms with Crippen LogP contribution in [0.25, 0.3) is 0 Å². The second-order valence-electron chi connectivity index (χ2n) is 12.4. The molecule has 0 aliphatic carbocycles. The van der Waals surface area contributed by atoms with Gasteiger partial charge in [0.1, 0.15) is 5.75 Å². The molecule has 51 heavy (non-hydrogen) atoms. The van der Waals surface area contributed by atoms with Crippen LogP contribution in [0.3, 0.4) is 0 Å². The van der Waals surface area contributed by atoms with E-state index in [1.54, 1.807) is 49.2 Å². The molecule has 0 spiro atoms. The van der Waals surface area contributed by atoms with Crippen LogP contribution in [0.5, 0.6) is 5.75 Å². The van der Waals surface area contributed by atoms with Crippen LogP contribution in [0, 0.1) is 6.92 Å². The van der Waals surface area contributed by atoms with E-state index in [1.165, 1.54) is 32.4 Å². The standard InChI is InChI=1S/C35H44Cl2N6O7S/c1-7-50-29-20-23(2)30(51(46,47)41(4)49-6)21-28(29)35(34(45)43-18-16-42(17-19-43)22-31(44)40(3)48-5)38-32(24-8-12-26(36)13-9-24)33(39-35)25-10-14-27(37)15-11-25/h8-15,20-21,32-33,38-39H,7,16-19,22H2,1-6H3/t32-,33+,35?. The van der Waals surface area contributed by atoms with Crippen molar-refractivity contribution in [1.82, 2.24) is 30.0 Å². The van der Waals surface area contributed by atoms with Crippen LogP contribution >= 0.6 is 23.2 Å². The SMILES string of the molecule is CCOc1cc(C)c(S(=O)(=O)N(C)OC)cc1C1(C(=O)N2CCN(CC(=O)N(C)OC)CC2)N[C@H](c2ccc(Cl)cc2)[C@H](c2ccc(Cl)cc2)N1. The maximum absolute atomic E-state index is 15.3. The molecule has 3 aromatic rings. The summed E-state index contributed by atoms with van der Waals surface area (Å²) in [5, 5.41) is 9.55. The predicted octanol–water partition coefficient (Wildman–Crippen LogP) is 3.87. The first kappa shape index (κ1) is 38.9. The maximum Gasteiger partial charge on any atom is 0.265 e. The van der Waals surface area contributed by atoms with Crippen molar-refractivity contribution >= 4 is 45.0 Å². The largest absolute Gasteiger partial charge is 0.493 e. The minimum absolute atomic E-state index is 0.0512. The normalized spacial score (nSPS) is 21.2. The lowest BCUT2D eigenvalue weighted by atomic mass is 9.95. The average molecular weight is 764 g/mol. The van der Waals surface area contributed by atoms with Crippen molar-refractivity contribution in [3.8, 4) is 5.75 Å². The van der Waals surface area contributed by atoms with Gasteiger partial charge in [-0.05, 0) is 66.9 Å². The van der Waals surface area contributed by atoms with Crippen molar-refractivity contribution in [2.24, 2.45) is 0 Å². The number of carbonyl (C=O) groups is 2. The van der Waals surface area contributed by atoms with Gasteiger partial charge in [0, 0.05) is 55.9 Å². The summed E-state index contributed by atoms with van der Waals surface area (Å²) in [6.45, 7) is 5.34. The number of ether oxygens (including phenoxy) is 1. The Morgan fingerprint density at radius 3 is 1.88 bits per heavy atom. The van der Waals surface area contributed by atoms with Gasteiger partial charge in [0.2, 0.25) is 0 Å². The van der Waals surface area contributed by atoms with E-state index in [9.17, 15) is 13.2 Å². The molecule has 2 saturated heterocycles. The Morgan fingerprint density at radius 1 is 0.882 bits per heavy atom. The molecular weight excluding hydrogens is 719 g/mol. The van der Waals surface area contributed by atoms with Gasteiger partial charge in [0.15, 0.2) is 5.66 Å². The number of aryl methyl sites for hydroxylation is 1. The molecule has 3 aromatic carbocycles. The second-order valence-corrected chi connectivity index (χ2v) is 15.2. The van der Waals surface area contributed by atoms with Crippen molar-refractivity contribution in [2.45, 2.75) is 36.5 Å². The molecule has 13 nitrogen and oxygen atoms in total. The summed E-state index contributed by atoms with van der Waals surface area (Å²) < 4.78 is 34.5. The summed E-state index contributed by atoms with van der Waals surface area (Å²) in [7, 11) is 1.39. The van der Waals surface area contributed by atoms with Crippen LogP contribution in [0.2, 0.25) is 10.0 Å². The van der Waals surface area contributed by atoms with E-state index in [2.05, 4.69) is 10.6 Å². The number of sulfonamides is 1. The summed E-state index contributed by atoms with van der Waals surface area (Å²) >= 11 is 12.6. The Kier molecular flexibility index (Phi) is 12.3. The number of nitrogens with zero attached hydrogens (tertiary/aromatic N) is 4. The molecule has 2 fully saturated rings. The number of halogens is 2. The lowest BCUT2D eigenvalue weighted by molar-refractivity contribution is -0.170. The van der Waals surface area contributed by atoms with E-state index in [-0.39, 0.29) is 35.4 Å². The van der Waals surface area contributed by atoms with Gasteiger partial charge in [-0.15, -0.1) is 0 Å².